The van der Waals surface area contributed by atoms with E-state index in [-0.39, 0.29) is 0 Å². The van der Waals surface area contributed by atoms with Crippen LogP contribution in [0.15, 0.2) is 40.4 Å². The van der Waals surface area contributed by atoms with Crippen LogP contribution in [0.2, 0.25) is 0 Å². The molecule has 2 aromatic heterocycles. The van der Waals surface area contributed by atoms with E-state index in [4.69, 9.17) is 1.28 Å². The molecule has 0 N–H and O–H groups in total. The maximum atomic E-state index is 10.4. The normalized spacial score (nSPS) is 12.5. The third kappa shape index (κ3) is 3.86. The van der Waals surface area contributed by atoms with Crippen LogP contribution < -0.4 is 4.62 Å². The first kappa shape index (κ1) is 8.24. The summed E-state index contributed by atoms with van der Waals surface area (Å²) in [7, 11) is -2.15. The van der Waals surface area contributed by atoms with Crippen LogP contribution >= 0.6 is 31.1 Å². The zero-order chi connectivity index (χ0) is 9.52. The fraction of sp³-hybridized carbons (Fsp3) is 0. The summed E-state index contributed by atoms with van der Waals surface area (Å²) in [6, 6.07) is 7.56. The van der Waals surface area contributed by atoms with Gasteiger partial charge in [0, 0.05) is 0 Å². The molecule has 0 aromatic carbocycles. The lowest BCUT2D eigenvalue weighted by Crippen LogP contribution is -1.72. The molecule has 4 heteroatoms. The molecular weight excluding hydrogens is 207 g/mol. The minimum atomic E-state index is -2.15. The first-order valence-electron chi connectivity index (χ1n) is 3.82. The molecule has 0 aliphatic heterocycles. The van der Waals surface area contributed by atoms with E-state index >= 15 is 0 Å². The lowest BCUT2D eigenvalue weighted by molar-refractivity contribution is 0.603. The second-order valence-corrected chi connectivity index (χ2v) is 4.74. The summed E-state index contributed by atoms with van der Waals surface area (Å²) >= 11 is 3.09. The van der Waals surface area contributed by atoms with Gasteiger partial charge in [-0.3, -0.25) is 0 Å². The molecule has 0 saturated carbocycles. The van der Waals surface area contributed by atoms with Gasteiger partial charge in [-0.2, -0.15) is 11.3 Å². The highest BCUT2D eigenvalue weighted by molar-refractivity contribution is 7.46. The van der Waals surface area contributed by atoms with Gasteiger partial charge >= 0.3 is 0 Å². The minimum Gasteiger partial charge on any atom is -0.324 e. The van der Waals surface area contributed by atoms with Crippen LogP contribution in [-0.4, -0.2) is 1.28 Å². The summed E-state index contributed by atoms with van der Waals surface area (Å²) in [4.78, 5) is 0. The standard InChI is InChI=1S/C4H5OPS.C4H4S/c5-6-4-2-1-3-7-4;1-2-4-5-3-1/h1-3H,6H2;1-4H/i6D;. The van der Waals surface area contributed by atoms with Crippen molar-refractivity contribution in [3.63, 3.8) is 0 Å². The second-order valence-electron chi connectivity index (χ2n) is 1.87. The van der Waals surface area contributed by atoms with Crippen molar-refractivity contribution in [2.24, 2.45) is 0 Å². The van der Waals surface area contributed by atoms with Crippen molar-refractivity contribution in [3.8, 4) is 0 Å². The van der Waals surface area contributed by atoms with Crippen molar-refractivity contribution in [3.05, 3.63) is 40.4 Å². The smallest absolute Gasteiger partial charge is 0.102 e. The molecule has 0 aliphatic carbocycles. The Morgan fingerprint density at radius 2 is 2.00 bits per heavy atom. The van der Waals surface area contributed by atoms with Gasteiger partial charge in [-0.15, -0.1) is 11.3 Å². The molecule has 0 bridgehead atoms. The Kier molecular flexibility index (Phi) is 4.24. The molecule has 64 valence electrons. The summed E-state index contributed by atoms with van der Waals surface area (Å²) < 4.78 is 17.9. The number of hydrogen-bond acceptors (Lipinski definition) is 3. The first-order valence-corrected chi connectivity index (χ1v) is 6.05. The predicted octanol–water partition coefficient (Wildman–Crippen LogP) is 2.88. The average Bonchev–Trinajstić information content (AvgIpc) is 2.82. The monoisotopic (exact) mass is 217 g/mol. The Balaban J connectivity index is 0.000000145. The van der Waals surface area contributed by atoms with Gasteiger partial charge in [0.1, 0.15) is 9.68 Å². The SMILES string of the molecule is [2H][PH](=O)c1cccs1.c1ccsc1. The van der Waals surface area contributed by atoms with E-state index < -0.39 is 8.41 Å². The minimum absolute atomic E-state index is 0.690. The highest BCUT2D eigenvalue weighted by Gasteiger charge is 1.81. The van der Waals surface area contributed by atoms with Crippen molar-refractivity contribution >= 4 is 35.7 Å². The largest absolute Gasteiger partial charge is 0.324 e. The Bertz CT molecular complexity index is 314. The number of hydrogen-bond donors (Lipinski definition) is 0. The third-order valence-electron chi connectivity index (χ3n) is 1.05. The molecule has 2 heterocycles. The van der Waals surface area contributed by atoms with Gasteiger partial charge in [0.25, 0.3) is 0 Å². The molecule has 0 spiro atoms. The van der Waals surface area contributed by atoms with Gasteiger partial charge in [0.15, 0.2) is 0 Å². The van der Waals surface area contributed by atoms with Crippen LogP contribution in [0, 0.1) is 0 Å². The van der Waals surface area contributed by atoms with Crippen LogP contribution in [0.1, 0.15) is 0 Å². The van der Waals surface area contributed by atoms with Crippen LogP contribution in [0.4, 0.5) is 0 Å². The van der Waals surface area contributed by atoms with Gasteiger partial charge in [-0.05, 0) is 22.2 Å². The zero-order valence-corrected chi connectivity index (χ0v) is 8.90. The Morgan fingerprint density at radius 3 is 2.25 bits per heavy atom. The molecule has 0 fully saturated rings. The quantitative estimate of drug-likeness (QED) is 0.671. The van der Waals surface area contributed by atoms with Crippen molar-refractivity contribution in [2.45, 2.75) is 0 Å². The van der Waals surface area contributed by atoms with Crippen LogP contribution in [0.5, 0.6) is 0 Å². The summed E-state index contributed by atoms with van der Waals surface area (Å²) in [5, 5.41) is 5.91. The Morgan fingerprint density at radius 1 is 1.25 bits per heavy atom. The van der Waals surface area contributed by atoms with E-state index in [2.05, 4.69) is 0 Å². The molecule has 0 radical (unpaired) electrons. The summed E-state index contributed by atoms with van der Waals surface area (Å²) in [5.74, 6) is 0. The zero-order valence-electron chi connectivity index (χ0n) is 7.27. The van der Waals surface area contributed by atoms with E-state index in [0.717, 1.165) is 0 Å². The third-order valence-corrected chi connectivity index (χ3v) is 3.33. The lowest BCUT2D eigenvalue weighted by Gasteiger charge is -1.67. The van der Waals surface area contributed by atoms with Gasteiger partial charge in [0.05, 0.1) is 4.62 Å². The van der Waals surface area contributed by atoms with Crippen molar-refractivity contribution in [2.75, 3.05) is 0 Å². The van der Waals surface area contributed by atoms with Crippen LogP contribution in [0.3, 0.4) is 0 Å². The molecule has 2 aromatic rings. The summed E-state index contributed by atoms with van der Waals surface area (Å²) in [5.41, 5.74) is 0. The molecule has 0 aliphatic rings. The van der Waals surface area contributed by atoms with Gasteiger partial charge in [-0.25, -0.2) is 0 Å². The highest BCUT2D eigenvalue weighted by Crippen LogP contribution is 2.01. The molecule has 1 unspecified atom stereocenters. The van der Waals surface area contributed by atoms with Crippen molar-refractivity contribution in [1.29, 1.82) is 1.28 Å². The van der Waals surface area contributed by atoms with E-state index in [1.165, 1.54) is 11.3 Å². The number of rotatable bonds is 1. The molecule has 2 rings (SSSR count). The van der Waals surface area contributed by atoms with Crippen LogP contribution in [0.25, 0.3) is 0 Å². The van der Waals surface area contributed by atoms with E-state index in [1.54, 1.807) is 23.5 Å². The molecular formula is C8H9OPS2. The molecule has 1 atom stereocenters. The topological polar surface area (TPSA) is 17.1 Å². The van der Waals surface area contributed by atoms with E-state index in [9.17, 15) is 4.57 Å². The molecule has 0 amide bonds. The van der Waals surface area contributed by atoms with Crippen molar-refractivity contribution < 1.29 is 4.57 Å². The van der Waals surface area contributed by atoms with E-state index in [0.29, 0.717) is 4.62 Å². The fourth-order valence-electron chi connectivity index (χ4n) is 0.563. The molecule has 0 saturated heterocycles. The Labute approximate surface area is 82.2 Å². The molecule has 1 nitrogen and oxygen atoms in total. The average molecular weight is 217 g/mol. The van der Waals surface area contributed by atoms with Gasteiger partial charge < -0.3 is 4.57 Å². The van der Waals surface area contributed by atoms with E-state index in [1.807, 2.05) is 28.3 Å². The maximum Gasteiger partial charge on any atom is 0.102 e. The fourth-order valence-corrected chi connectivity index (χ4v) is 2.04. The predicted molar refractivity (Wildman–Crippen MR) is 58.7 cm³/mol. The van der Waals surface area contributed by atoms with Gasteiger partial charge in [-0.1, -0.05) is 18.2 Å². The first-order chi connectivity index (χ1) is 6.30. The maximum absolute atomic E-state index is 10.4. The molecule has 12 heavy (non-hydrogen) atoms. The highest BCUT2D eigenvalue weighted by atomic mass is 32.1. The second kappa shape index (κ2) is 6.18. The summed E-state index contributed by atoms with van der Waals surface area (Å²) in [6.07, 6.45) is 0. The Hall–Kier alpha value is -0.370. The van der Waals surface area contributed by atoms with Crippen LogP contribution in [-0.2, 0) is 4.57 Å². The van der Waals surface area contributed by atoms with Gasteiger partial charge in [0.2, 0.25) is 0 Å². The lowest BCUT2D eigenvalue weighted by atomic mass is 10.7. The number of thiophene rings is 2. The van der Waals surface area contributed by atoms with Crippen molar-refractivity contribution in [1.82, 2.24) is 0 Å². The summed E-state index contributed by atoms with van der Waals surface area (Å²) in [6.45, 7) is 0.